The SMILES string of the molecule is CCOC(=O)C(C)(C)N1CCC1. The Kier molecular flexibility index (Phi) is 2.73. The van der Waals surface area contributed by atoms with E-state index in [1.165, 1.54) is 6.42 Å². The zero-order valence-corrected chi connectivity index (χ0v) is 8.09. The zero-order valence-electron chi connectivity index (χ0n) is 8.09. The molecule has 0 aromatic carbocycles. The number of hydrogen-bond acceptors (Lipinski definition) is 3. The third-order valence-corrected chi connectivity index (χ3v) is 2.42. The minimum Gasteiger partial charge on any atom is -0.465 e. The fourth-order valence-corrected chi connectivity index (χ4v) is 1.31. The predicted octanol–water partition coefficient (Wildman–Crippen LogP) is 1.03. The first-order valence-electron chi connectivity index (χ1n) is 4.51. The van der Waals surface area contributed by atoms with Gasteiger partial charge in [0.2, 0.25) is 0 Å². The summed E-state index contributed by atoms with van der Waals surface area (Å²) >= 11 is 0. The molecule has 0 radical (unpaired) electrons. The predicted molar refractivity (Wildman–Crippen MR) is 46.9 cm³/mol. The lowest BCUT2D eigenvalue weighted by Gasteiger charge is -2.42. The molecule has 3 nitrogen and oxygen atoms in total. The number of ether oxygens (including phenoxy) is 1. The summed E-state index contributed by atoms with van der Waals surface area (Å²) in [5.74, 6) is -0.107. The Labute approximate surface area is 73.7 Å². The molecule has 1 rings (SSSR count). The van der Waals surface area contributed by atoms with Crippen LogP contribution in [-0.4, -0.2) is 36.1 Å². The molecule has 1 aliphatic rings. The minimum atomic E-state index is -0.422. The molecule has 0 bridgehead atoms. The van der Waals surface area contributed by atoms with Gasteiger partial charge in [-0.3, -0.25) is 9.69 Å². The second-order valence-corrected chi connectivity index (χ2v) is 3.62. The van der Waals surface area contributed by atoms with E-state index in [0.29, 0.717) is 6.61 Å². The number of rotatable bonds is 3. The zero-order chi connectivity index (χ0) is 9.19. The molecule has 0 aromatic rings. The molecule has 1 heterocycles. The maximum absolute atomic E-state index is 11.4. The number of hydrogen-bond donors (Lipinski definition) is 0. The molecule has 1 fully saturated rings. The Balaban J connectivity index is 2.50. The fraction of sp³-hybridized carbons (Fsp3) is 0.889. The van der Waals surface area contributed by atoms with Gasteiger partial charge < -0.3 is 4.74 Å². The first-order valence-corrected chi connectivity index (χ1v) is 4.51. The monoisotopic (exact) mass is 171 g/mol. The number of carbonyl (C=O) groups excluding carboxylic acids is 1. The number of carbonyl (C=O) groups is 1. The lowest BCUT2D eigenvalue weighted by molar-refractivity contribution is -0.158. The Morgan fingerprint density at radius 2 is 2.08 bits per heavy atom. The lowest BCUT2D eigenvalue weighted by Crippen LogP contribution is -2.56. The van der Waals surface area contributed by atoms with Crippen LogP contribution in [0.15, 0.2) is 0 Å². The van der Waals surface area contributed by atoms with Crippen LogP contribution < -0.4 is 0 Å². The van der Waals surface area contributed by atoms with Crippen molar-refractivity contribution in [2.75, 3.05) is 19.7 Å². The van der Waals surface area contributed by atoms with Gasteiger partial charge in [-0.15, -0.1) is 0 Å². The Morgan fingerprint density at radius 1 is 1.50 bits per heavy atom. The summed E-state index contributed by atoms with van der Waals surface area (Å²) < 4.78 is 4.98. The van der Waals surface area contributed by atoms with Gasteiger partial charge in [0.05, 0.1) is 6.61 Å². The van der Waals surface area contributed by atoms with Crippen molar-refractivity contribution in [1.29, 1.82) is 0 Å². The normalized spacial score (nSPS) is 18.6. The van der Waals surface area contributed by atoms with Gasteiger partial charge in [0, 0.05) is 13.1 Å². The summed E-state index contributed by atoms with van der Waals surface area (Å²) in [6.45, 7) is 8.19. The van der Waals surface area contributed by atoms with Crippen molar-refractivity contribution in [3.63, 3.8) is 0 Å². The van der Waals surface area contributed by atoms with Crippen LogP contribution in [-0.2, 0) is 9.53 Å². The number of esters is 1. The molecule has 0 aromatic heterocycles. The van der Waals surface area contributed by atoms with E-state index in [4.69, 9.17) is 4.74 Å². The minimum absolute atomic E-state index is 0.107. The van der Waals surface area contributed by atoms with Crippen LogP contribution in [0.4, 0.5) is 0 Å². The van der Waals surface area contributed by atoms with Crippen molar-refractivity contribution in [1.82, 2.24) is 4.90 Å². The lowest BCUT2D eigenvalue weighted by atomic mass is 9.98. The Morgan fingerprint density at radius 3 is 2.42 bits per heavy atom. The van der Waals surface area contributed by atoms with Gasteiger partial charge in [-0.05, 0) is 27.2 Å². The van der Waals surface area contributed by atoms with E-state index in [1.807, 2.05) is 20.8 Å². The van der Waals surface area contributed by atoms with Gasteiger partial charge in [-0.25, -0.2) is 0 Å². The molecular weight excluding hydrogens is 154 g/mol. The highest BCUT2D eigenvalue weighted by molar-refractivity contribution is 5.79. The smallest absolute Gasteiger partial charge is 0.325 e. The van der Waals surface area contributed by atoms with E-state index in [2.05, 4.69) is 4.90 Å². The highest BCUT2D eigenvalue weighted by atomic mass is 16.5. The maximum Gasteiger partial charge on any atom is 0.325 e. The molecule has 0 atom stereocenters. The van der Waals surface area contributed by atoms with E-state index >= 15 is 0 Å². The van der Waals surface area contributed by atoms with Gasteiger partial charge in [0.1, 0.15) is 5.54 Å². The van der Waals surface area contributed by atoms with E-state index in [1.54, 1.807) is 0 Å². The maximum atomic E-state index is 11.4. The largest absolute Gasteiger partial charge is 0.465 e. The molecule has 0 spiro atoms. The van der Waals surface area contributed by atoms with Crippen LogP contribution >= 0.6 is 0 Å². The molecule has 0 N–H and O–H groups in total. The summed E-state index contributed by atoms with van der Waals surface area (Å²) in [6.07, 6.45) is 1.20. The van der Waals surface area contributed by atoms with Crippen molar-refractivity contribution >= 4 is 5.97 Å². The second-order valence-electron chi connectivity index (χ2n) is 3.62. The summed E-state index contributed by atoms with van der Waals surface area (Å²) in [7, 11) is 0. The average Bonchev–Trinajstić information content (AvgIpc) is 1.82. The van der Waals surface area contributed by atoms with Gasteiger partial charge in [-0.2, -0.15) is 0 Å². The molecule has 70 valence electrons. The van der Waals surface area contributed by atoms with E-state index in [9.17, 15) is 4.79 Å². The topological polar surface area (TPSA) is 29.5 Å². The molecule has 0 amide bonds. The Hall–Kier alpha value is -0.570. The molecule has 0 saturated carbocycles. The van der Waals surface area contributed by atoms with E-state index < -0.39 is 5.54 Å². The molecule has 12 heavy (non-hydrogen) atoms. The van der Waals surface area contributed by atoms with Gasteiger partial charge in [0.15, 0.2) is 0 Å². The van der Waals surface area contributed by atoms with Crippen molar-refractivity contribution in [3.8, 4) is 0 Å². The van der Waals surface area contributed by atoms with Gasteiger partial charge in [-0.1, -0.05) is 0 Å². The summed E-state index contributed by atoms with van der Waals surface area (Å²) in [6, 6.07) is 0. The quantitative estimate of drug-likeness (QED) is 0.594. The van der Waals surface area contributed by atoms with Crippen LogP contribution in [0.5, 0.6) is 0 Å². The highest BCUT2D eigenvalue weighted by Crippen LogP contribution is 2.22. The third-order valence-electron chi connectivity index (χ3n) is 2.42. The molecule has 3 heteroatoms. The standard InChI is InChI=1S/C9H17NO2/c1-4-12-8(11)9(2,3)10-6-5-7-10/h4-7H2,1-3H3. The fourth-order valence-electron chi connectivity index (χ4n) is 1.31. The molecule has 1 saturated heterocycles. The van der Waals surface area contributed by atoms with Gasteiger partial charge >= 0.3 is 5.97 Å². The van der Waals surface area contributed by atoms with Crippen molar-refractivity contribution < 1.29 is 9.53 Å². The average molecular weight is 171 g/mol. The first kappa shape index (κ1) is 9.52. The van der Waals surface area contributed by atoms with Crippen LogP contribution in [0.25, 0.3) is 0 Å². The van der Waals surface area contributed by atoms with Crippen LogP contribution in [0.3, 0.4) is 0 Å². The van der Waals surface area contributed by atoms with Crippen LogP contribution in [0, 0.1) is 0 Å². The van der Waals surface area contributed by atoms with Crippen molar-refractivity contribution in [2.45, 2.75) is 32.7 Å². The summed E-state index contributed by atoms with van der Waals surface area (Å²) in [4.78, 5) is 13.6. The Bertz CT molecular complexity index is 173. The van der Waals surface area contributed by atoms with Gasteiger partial charge in [0.25, 0.3) is 0 Å². The third kappa shape index (κ3) is 1.61. The molecule has 1 aliphatic heterocycles. The summed E-state index contributed by atoms with van der Waals surface area (Å²) in [5.41, 5.74) is -0.422. The van der Waals surface area contributed by atoms with Crippen LogP contribution in [0.2, 0.25) is 0 Å². The molecule has 0 aliphatic carbocycles. The van der Waals surface area contributed by atoms with Crippen LogP contribution in [0.1, 0.15) is 27.2 Å². The van der Waals surface area contributed by atoms with Crippen molar-refractivity contribution in [3.05, 3.63) is 0 Å². The van der Waals surface area contributed by atoms with E-state index in [-0.39, 0.29) is 5.97 Å². The van der Waals surface area contributed by atoms with E-state index in [0.717, 1.165) is 13.1 Å². The number of nitrogens with zero attached hydrogens (tertiary/aromatic N) is 1. The number of likely N-dealkylation sites (tertiary alicyclic amines) is 1. The highest BCUT2D eigenvalue weighted by Gasteiger charge is 2.38. The molecular formula is C9H17NO2. The first-order chi connectivity index (χ1) is 5.59. The molecule has 0 unspecified atom stereocenters. The second kappa shape index (κ2) is 3.44. The van der Waals surface area contributed by atoms with Crippen molar-refractivity contribution in [2.24, 2.45) is 0 Å². The summed E-state index contributed by atoms with van der Waals surface area (Å²) in [5, 5.41) is 0.